The molecular formula is C16H24BrN3O2. The van der Waals surface area contributed by atoms with Gasteiger partial charge in [0.1, 0.15) is 10.4 Å². The lowest BCUT2D eigenvalue weighted by atomic mass is 9.98. The molecule has 0 radical (unpaired) electrons. The van der Waals surface area contributed by atoms with E-state index in [0.29, 0.717) is 12.5 Å². The van der Waals surface area contributed by atoms with Gasteiger partial charge in [-0.2, -0.15) is 0 Å². The van der Waals surface area contributed by atoms with Gasteiger partial charge in [-0.3, -0.25) is 4.90 Å². The molecule has 0 saturated carbocycles. The van der Waals surface area contributed by atoms with Crippen LogP contribution in [0.1, 0.15) is 18.4 Å². The van der Waals surface area contributed by atoms with Crippen LogP contribution in [0.5, 0.6) is 0 Å². The first-order chi connectivity index (χ1) is 10.7. The molecule has 2 aliphatic rings. The van der Waals surface area contributed by atoms with Crippen molar-refractivity contribution in [3.63, 3.8) is 0 Å². The third-order valence-corrected chi connectivity index (χ3v) is 4.95. The topological polar surface area (TPSA) is 48.8 Å². The first kappa shape index (κ1) is 16.2. The molecule has 0 amide bonds. The molecular weight excluding hydrogens is 346 g/mol. The molecule has 3 heterocycles. The zero-order chi connectivity index (χ0) is 15.4. The molecule has 2 saturated heterocycles. The number of aromatic nitrogens is 1. The van der Waals surface area contributed by atoms with Crippen molar-refractivity contribution in [1.82, 2.24) is 9.88 Å². The summed E-state index contributed by atoms with van der Waals surface area (Å²) in [5.74, 6) is 1.50. The fraction of sp³-hybridized carbons (Fsp3) is 0.688. The second-order valence-electron chi connectivity index (χ2n) is 6.16. The Bertz CT molecular complexity index is 486. The van der Waals surface area contributed by atoms with Crippen LogP contribution < -0.4 is 4.90 Å². The number of morpholine rings is 1. The van der Waals surface area contributed by atoms with Gasteiger partial charge in [-0.05, 0) is 52.4 Å². The second kappa shape index (κ2) is 7.73. The van der Waals surface area contributed by atoms with Crippen LogP contribution in [0.4, 0.5) is 5.82 Å². The highest BCUT2D eigenvalue weighted by Crippen LogP contribution is 2.25. The second-order valence-corrected chi connectivity index (χ2v) is 6.97. The predicted molar refractivity (Wildman–Crippen MR) is 90.1 cm³/mol. The number of nitrogens with zero attached hydrogens (tertiary/aromatic N) is 3. The smallest absolute Gasteiger partial charge is 0.130 e. The standard InChI is InChI=1S/C16H24BrN3O2/c17-15-9-14(11-19-5-7-22-8-6-19)10-16(18-15)20-3-1-13(12-21)2-4-20/h9-10,13,21H,1-8,11-12H2. The molecule has 122 valence electrons. The van der Waals surface area contributed by atoms with Gasteiger partial charge in [0.2, 0.25) is 0 Å². The van der Waals surface area contributed by atoms with E-state index in [1.807, 2.05) is 0 Å². The van der Waals surface area contributed by atoms with E-state index in [-0.39, 0.29) is 0 Å². The van der Waals surface area contributed by atoms with E-state index < -0.39 is 0 Å². The zero-order valence-corrected chi connectivity index (χ0v) is 14.5. The Balaban J connectivity index is 1.67. The molecule has 0 aromatic carbocycles. The minimum atomic E-state index is 0.308. The minimum absolute atomic E-state index is 0.308. The number of pyridine rings is 1. The van der Waals surface area contributed by atoms with Gasteiger partial charge < -0.3 is 14.7 Å². The first-order valence-corrected chi connectivity index (χ1v) is 8.86. The van der Waals surface area contributed by atoms with Crippen molar-refractivity contribution < 1.29 is 9.84 Å². The van der Waals surface area contributed by atoms with Gasteiger partial charge in [0.05, 0.1) is 13.2 Å². The maximum absolute atomic E-state index is 9.26. The van der Waals surface area contributed by atoms with Gasteiger partial charge in [-0.25, -0.2) is 4.98 Å². The summed E-state index contributed by atoms with van der Waals surface area (Å²) in [6.45, 7) is 6.86. The molecule has 2 aliphatic heterocycles. The van der Waals surface area contributed by atoms with Gasteiger partial charge in [0.25, 0.3) is 0 Å². The Morgan fingerprint density at radius 3 is 2.59 bits per heavy atom. The molecule has 1 aromatic rings. The van der Waals surface area contributed by atoms with Crippen molar-refractivity contribution in [2.24, 2.45) is 5.92 Å². The molecule has 1 N–H and O–H groups in total. The van der Waals surface area contributed by atoms with E-state index in [9.17, 15) is 5.11 Å². The summed E-state index contributed by atoms with van der Waals surface area (Å²) in [5, 5.41) is 9.26. The van der Waals surface area contributed by atoms with Crippen molar-refractivity contribution in [1.29, 1.82) is 0 Å². The highest BCUT2D eigenvalue weighted by Gasteiger charge is 2.20. The summed E-state index contributed by atoms with van der Waals surface area (Å²) in [4.78, 5) is 9.40. The lowest BCUT2D eigenvalue weighted by Gasteiger charge is -2.32. The van der Waals surface area contributed by atoms with Crippen LogP contribution in [0.3, 0.4) is 0 Å². The lowest BCUT2D eigenvalue weighted by Crippen LogP contribution is -2.36. The van der Waals surface area contributed by atoms with Crippen molar-refractivity contribution in [3.05, 3.63) is 22.3 Å². The highest BCUT2D eigenvalue weighted by molar-refractivity contribution is 9.10. The fourth-order valence-electron chi connectivity index (χ4n) is 3.15. The maximum Gasteiger partial charge on any atom is 0.130 e. The summed E-state index contributed by atoms with van der Waals surface area (Å²) in [6.07, 6.45) is 2.09. The number of hydrogen-bond acceptors (Lipinski definition) is 5. The van der Waals surface area contributed by atoms with Crippen LogP contribution in [0.15, 0.2) is 16.7 Å². The summed E-state index contributed by atoms with van der Waals surface area (Å²) in [6, 6.07) is 4.32. The van der Waals surface area contributed by atoms with Crippen LogP contribution in [-0.4, -0.2) is 61.0 Å². The molecule has 0 spiro atoms. The summed E-state index contributed by atoms with van der Waals surface area (Å²) >= 11 is 3.55. The first-order valence-electron chi connectivity index (χ1n) is 8.07. The Morgan fingerprint density at radius 2 is 1.91 bits per heavy atom. The number of hydrogen-bond donors (Lipinski definition) is 1. The molecule has 0 unspecified atom stereocenters. The summed E-state index contributed by atoms with van der Waals surface area (Å²) in [7, 11) is 0. The third kappa shape index (κ3) is 4.19. The average molecular weight is 370 g/mol. The van der Waals surface area contributed by atoms with Crippen molar-refractivity contribution in [3.8, 4) is 0 Å². The highest BCUT2D eigenvalue weighted by atomic mass is 79.9. The zero-order valence-electron chi connectivity index (χ0n) is 12.9. The molecule has 1 aromatic heterocycles. The maximum atomic E-state index is 9.26. The molecule has 3 rings (SSSR count). The van der Waals surface area contributed by atoms with E-state index in [2.05, 4.69) is 42.8 Å². The molecule has 22 heavy (non-hydrogen) atoms. The summed E-state index contributed by atoms with van der Waals surface area (Å²) < 4.78 is 6.31. The van der Waals surface area contributed by atoms with E-state index in [1.165, 1.54) is 5.56 Å². The number of anilines is 1. The SMILES string of the molecule is OCC1CCN(c2cc(CN3CCOCC3)cc(Br)n2)CC1. The van der Waals surface area contributed by atoms with Crippen molar-refractivity contribution in [2.75, 3.05) is 50.9 Å². The lowest BCUT2D eigenvalue weighted by molar-refractivity contribution is 0.0342. The third-order valence-electron chi connectivity index (χ3n) is 4.55. The van der Waals surface area contributed by atoms with E-state index in [1.54, 1.807) is 0 Å². The van der Waals surface area contributed by atoms with E-state index in [4.69, 9.17) is 4.74 Å². The number of rotatable bonds is 4. The van der Waals surface area contributed by atoms with Gasteiger partial charge in [0, 0.05) is 39.3 Å². The van der Waals surface area contributed by atoms with Gasteiger partial charge in [-0.1, -0.05) is 0 Å². The number of aliphatic hydroxyl groups excluding tert-OH is 1. The molecule has 0 aliphatic carbocycles. The average Bonchev–Trinajstić information content (AvgIpc) is 2.55. The van der Waals surface area contributed by atoms with Gasteiger partial charge >= 0.3 is 0 Å². The Labute approximate surface area is 140 Å². The quantitative estimate of drug-likeness (QED) is 0.821. The number of aliphatic hydroxyl groups is 1. The van der Waals surface area contributed by atoms with E-state index in [0.717, 1.165) is 69.2 Å². The van der Waals surface area contributed by atoms with Gasteiger partial charge in [-0.15, -0.1) is 0 Å². The Hall–Kier alpha value is -0.690. The monoisotopic (exact) mass is 369 g/mol. The number of ether oxygens (including phenoxy) is 1. The van der Waals surface area contributed by atoms with Crippen molar-refractivity contribution in [2.45, 2.75) is 19.4 Å². The van der Waals surface area contributed by atoms with Gasteiger partial charge in [0.15, 0.2) is 0 Å². The number of piperidine rings is 1. The Kier molecular flexibility index (Phi) is 5.68. The molecule has 0 atom stereocenters. The summed E-state index contributed by atoms with van der Waals surface area (Å²) in [5.41, 5.74) is 1.29. The van der Waals surface area contributed by atoms with Crippen LogP contribution in [-0.2, 0) is 11.3 Å². The molecule has 0 bridgehead atoms. The molecule has 5 nitrogen and oxygen atoms in total. The number of halogens is 1. The predicted octanol–water partition coefficient (Wildman–Crippen LogP) is 1.89. The van der Waals surface area contributed by atoms with Crippen LogP contribution >= 0.6 is 15.9 Å². The van der Waals surface area contributed by atoms with Crippen LogP contribution in [0, 0.1) is 5.92 Å². The van der Waals surface area contributed by atoms with Crippen LogP contribution in [0.25, 0.3) is 0 Å². The Morgan fingerprint density at radius 1 is 1.18 bits per heavy atom. The van der Waals surface area contributed by atoms with Crippen molar-refractivity contribution >= 4 is 21.7 Å². The largest absolute Gasteiger partial charge is 0.396 e. The minimum Gasteiger partial charge on any atom is -0.396 e. The fourth-order valence-corrected chi connectivity index (χ4v) is 3.63. The van der Waals surface area contributed by atoms with Crippen LogP contribution in [0.2, 0.25) is 0 Å². The molecule has 2 fully saturated rings. The van der Waals surface area contributed by atoms with E-state index >= 15 is 0 Å². The molecule has 6 heteroatoms. The normalized spacial score (nSPS) is 21.3.